The van der Waals surface area contributed by atoms with Gasteiger partial charge in [0.2, 0.25) is 5.43 Å². The van der Waals surface area contributed by atoms with Crippen LogP contribution in [0.4, 0.5) is 0 Å². The first-order valence-electron chi connectivity index (χ1n) is 12.9. The van der Waals surface area contributed by atoms with Gasteiger partial charge in [0.15, 0.2) is 0 Å². The highest BCUT2D eigenvalue weighted by atomic mass is 16.5. The van der Waals surface area contributed by atoms with E-state index in [0.29, 0.717) is 40.8 Å². The molecule has 3 aromatic carbocycles. The first kappa shape index (κ1) is 25.3. The topological polar surface area (TPSA) is 75.4 Å². The fourth-order valence-electron chi connectivity index (χ4n) is 4.91. The second-order valence-corrected chi connectivity index (χ2v) is 9.76. The predicted octanol–water partition coefficient (Wildman–Crippen LogP) is 4.00. The predicted molar refractivity (Wildman–Crippen MR) is 146 cm³/mol. The molecule has 1 atom stereocenters. The molecule has 1 aliphatic rings. The Morgan fingerprint density at radius 2 is 1.57 bits per heavy atom. The summed E-state index contributed by atoms with van der Waals surface area (Å²) in [6.45, 7) is 10.1. The van der Waals surface area contributed by atoms with E-state index in [4.69, 9.17) is 13.9 Å². The van der Waals surface area contributed by atoms with Gasteiger partial charge in [-0.05, 0) is 55.3 Å². The van der Waals surface area contributed by atoms with Crippen LogP contribution in [-0.4, -0.2) is 73.5 Å². The van der Waals surface area contributed by atoms with Crippen LogP contribution in [0.25, 0.3) is 21.9 Å². The number of para-hydroxylation sites is 2. The van der Waals surface area contributed by atoms with E-state index >= 15 is 0 Å². The molecule has 0 saturated carbocycles. The van der Waals surface area contributed by atoms with Gasteiger partial charge in [-0.2, -0.15) is 0 Å². The molecule has 2 heterocycles. The van der Waals surface area contributed by atoms with Crippen molar-refractivity contribution in [3.8, 4) is 11.5 Å². The summed E-state index contributed by atoms with van der Waals surface area (Å²) < 4.78 is 17.7. The number of benzene rings is 3. The minimum Gasteiger partial charge on any atom is -0.492 e. The zero-order valence-electron chi connectivity index (χ0n) is 21.5. The zero-order valence-corrected chi connectivity index (χ0v) is 21.5. The van der Waals surface area contributed by atoms with E-state index in [-0.39, 0.29) is 12.0 Å². The third-order valence-electron chi connectivity index (χ3n) is 6.99. The molecular formula is C30H34N2O5. The molecule has 0 bridgehead atoms. The number of fused-ring (bicyclic) bond motifs is 2. The SMILES string of the molecule is Cc1cccc(C)c1OCCN1CCN(CC(O)COc2ccc3oc4ccccc4c(=O)c3c2)CC1. The zero-order chi connectivity index (χ0) is 25.8. The number of rotatable bonds is 9. The minimum atomic E-state index is -0.623. The molecule has 7 nitrogen and oxygen atoms in total. The summed E-state index contributed by atoms with van der Waals surface area (Å²) in [5.74, 6) is 1.53. The van der Waals surface area contributed by atoms with Gasteiger partial charge in [0.25, 0.3) is 0 Å². The second-order valence-electron chi connectivity index (χ2n) is 9.76. The van der Waals surface area contributed by atoms with Gasteiger partial charge < -0.3 is 19.0 Å². The van der Waals surface area contributed by atoms with Gasteiger partial charge in [-0.1, -0.05) is 30.3 Å². The lowest BCUT2D eigenvalue weighted by Gasteiger charge is -2.35. The summed E-state index contributed by atoms with van der Waals surface area (Å²) in [7, 11) is 0. The number of aliphatic hydroxyl groups excluding tert-OH is 1. The van der Waals surface area contributed by atoms with Crippen molar-refractivity contribution >= 4 is 21.9 Å². The van der Waals surface area contributed by atoms with E-state index in [2.05, 4.69) is 41.8 Å². The van der Waals surface area contributed by atoms with Gasteiger partial charge in [-0.3, -0.25) is 14.6 Å². The molecule has 37 heavy (non-hydrogen) atoms. The summed E-state index contributed by atoms with van der Waals surface area (Å²) in [5.41, 5.74) is 3.34. The van der Waals surface area contributed by atoms with Crippen LogP contribution in [0.3, 0.4) is 0 Å². The highest BCUT2D eigenvalue weighted by Gasteiger charge is 2.20. The van der Waals surface area contributed by atoms with E-state index in [0.717, 1.165) is 38.5 Å². The molecular weight excluding hydrogens is 468 g/mol. The molecule has 1 fully saturated rings. The van der Waals surface area contributed by atoms with Crippen molar-refractivity contribution in [2.24, 2.45) is 0 Å². The van der Waals surface area contributed by atoms with Crippen molar-refractivity contribution in [1.82, 2.24) is 9.80 Å². The fraction of sp³-hybridized carbons (Fsp3) is 0.367. The normalized spacial score (nSPS) is 15.8. The van der Waals surface area contributed by atoms with Crippen molar-refractivity contribution in [1.29, 1.82) is 0 Å². The van der Waals surface area contributed by atoms with Crippen molar-refractivity contribution in [2.75, 3.05) is 52.5 Å². The lowest BCUT2D eigenvalue weighted by Crippen LogP contribution is -2.50. The molecule has 5 rings (SSSR count). The smallest absolute Gasteiger partial charge is 0.200 e. The van der Waals surface area contributed by atoms with Gasteiger partial charge >= 0.3 is 0 Å². The first-order chi connectivity index (χ1) is 18.0. The van der Waals surface area contributed by atoms with Gasteiger partial charge in [0.1, 0.15) is 42.0 Å². The summed E-state index contributed by atoms with van der Waals surface area (Å²) in [6.07, 6.45) is -0.623. The summed E-state index contributed by atoms with van der Waals surface area (Å²) in [5, 5.41) is 11.6. The molecule has 1 saturated heterocycles. The molecule has 0 radical (unpaired) electrons. The van der Waals surface area contributed by atoms with Crippen LogP contribution < -0.4 is 14.9 Å². The molecule has 1 N–H and O–H groups in total. The maximum atomic E-state index is 12.9. The number of hydrogen-bond acceptors (Lipinski definition) is 7. The maximum Gasteiger partial charge on any atom is 0.200 e. The van der Waals surface area contributed by atoms with Gasteiger partial charge in [0, 0.05) is 39.3 Å². The highest BCUT2D eigenvalue weighted by Crippen LogP contribution is 2.23. The van der Waals surface area contributed by atoms with E-state index < -0.39 is 6.10 Å². The Morgan fingerprint density at radius 3 is 2.35 bits per heavy atom. The van der Waals surface area contributed by atoms with Gasteiger partial charge in [0.05, 0.1) is 10.8 Å². The molecule has 4 aromatic rings. The number of aliphatic hydroxyl groups is 1. The van der Waals surface area contributed by atoms with E-state index in [1.807, 2.05) is 12.1 Å². The fourth-order valence-corrected chi connectivity index (χ4v) is 4.91. The average Bonchev–Trinajstić information content (AvgIpc) is 2.90. The highest BCUT2D eigenvalue weighted by molar-refractivity contribution is 5.90. The Balaban J connectivity index is 1.07. The van der Waals surface area contributed by atoms with E-state index in [1.54, 1.807) is 30.3 Å². The molecule has 1 aliphatic heterocycles. The van der Waals surface area contributed by atoms with Crippen molar-refractivity contribution < 1.29 is 19.0 Å². The summed E-state index contributed by atoms with van der Waals surface area (Å²) in [6, 6.07) is 18.6. The van der Waals surface area contributed by atoms with Crippen LogP contribution in [0.5, 0.6) is 11.5 Å². The molecule has 7 heteroatoms. The summed E-state index contributed by atoms with van der Waals surface area (Å²) >= 11 is 0. The molecule has 0 amide bonds. The largest absolute Gasteiger partial charge is 0.492 e. The van der Waals surface area contributed by atoms with Gasteiger partial charge in [-0.25, -0.2) is 0 Å². The Bertz CT molecular complexity index is 1400. The standard InChI is InChI=1S/C30H34N2O5/c1-21-6-5-7-22(2)30(21)35-17-16-31-12-14-32(15-13-31)19-23(33)20-36-24-10-11-28-26(18-24)29(34)25-8-3-4-9-27(25)37-28/h3-11,18,23,33H,12-17,19-20H2,1-2H3. The van der Waals surface area contributed by atoms with E-state index in [1.165, 1.54) is 11.1 Å². The third-order valence-corrected chi connectivity index (χ3v) is 6.99. The van der Waals surface area contributed by atoms with Crippen LogP contribution in [0, 0.1) is 13.8 Å². The van der Waals surface area contributed by atoms with Crippen molar-refractivity contribution in [3.63, 3.8) is 0 Å². The lowest BCUT2D eigenvalue weighted by atomic mass is 10.1. The van der Waals surface area contributed by atoms with Crippen LogP contribution in [0.2, 0.25) is 0 Å². The number of ether oxygens (including phenoxy) is 2. The number of aryl methyl sites for hydroxylation is 2. The maximum absolute atomic E-state index is 12.9. The van der Waals surface area contributed by atoms with Crippen molar-refractivity contribution in [3.05, 3.63) is 82.0 Å². The summed E-state index contributed by atoms with van der Waals surface area (Å²) in [4.78, 5) is 17.5. The van der Waals surface area contributed by atoms with Crippen LogP contribution in [0.15, 0.2) is 69.9 Å². The number of β-amino-alcohol motifs (C(OH)–C–C–N with tert-alkyl or cyclic N) is 1. The Hall–Kier alpha value is -3.39. The van der Waals surface area contributed by atoms with E-state index in [9.17, 15) is 9.90 Å². The second kappa shape index (κ2) is 11.3. The Labute approximate surface area is 216 Å². The number of hydrogen-bond donors (Lipinski definition) is 1. The Kier molecular flexibility index (Phi) is 7.74. The minimum absolute atomic E-state index is 0.0832. The quantitative estimate of drug-likeness (QED) is 0.347. The lowest BCUT2D eigenvalue weighted by molar-refractivity contribution is 0.0436. The first-order valence-corrected chi connectivity index (χ1v) is 12.9. The van der Waals surface area contributed by atoms with Crippen LogP contribution in [0.1, 0.15) is 11.1 Å². The monoisotopic (exact) mass is 502 g/mol. The molecule has 1 unspecified atom stereocenters. The molecule has 1 aromatic heterocycles. The van der Waals surface area contributed by atoms with Crippen LogP contribution in [-0.2, 0) is 0 Å². The number of piperazine rings is 1. The average molecular weight is 503 g/mol. The molecule has 0 aliphatic carbocycles. The van der Waals surface area contributed by atoms with Crippen molar-refractivity contribution in [2.45, 2.75) is 20.0 Å². The van der Waals surface area contributed by atoms with Gasteiger partial charge in [-0.15, -0.1) is 0 Å². The van der Waals surface area contributed by atoms with Crippen LogP contribution >= 0.6 is 0 Å². The molecule has 194 valence electrons. The number of nitrogens with zero attached hydrogens (tertiary/aromatic N) is 2. The Morgan fingerprint density at radius 1 is 0.865 bits per heavy atom. The molecule has 0 spiro atoms. The third kappa shape index (κ3) is 5.96.